The second-order valence-electron chi connectivity index (χ2n) is 11.9. The molecule has 0 radical (unpaired) electrons. The number of carbonyl (C=O) groups is 3. The molecule has 7 nitrogen and oxygen atoms in total. The van der Waals surface area contributed by atoms with Gasteiger partial charge in [0.15, 0.2) is 0 Å². The van der Waals surface area contributed by atoms with Crippen LogP contribution < -0.4 is 10.0 Å². The first-order valence-corrected chi connectivity index (χ1v) is 14.5. The zero-order chi connectivity index (χ0) is 25.4. The second-order valence-corrected chi connectivity index (χ2v) is 12.9. The van der Waals surface area contributed by atoms with E-state index in [1.807, 2.05) is 21.0 Å². The van der Waals surface area contributed by atoms with Crippen LogP contribution in [0.5, 0.6) is 0 Å². The number of hydrogen-bond acceptors (Lipinski definition) is 5. The number of hydrogen-bond donors (Lipinski definition) is 2. The summed E-state index contributed by atoms with van der Waals surface area (Å²) in [5.74, 6) is 2.32. The normalized spacial score (nSPS) is 36.7. The molecule has 0 saturated heterocycles. The van der Waals surface area contributed by atoms with E-state index in [0.717, 1.165) is 57.2 Å². The van der Waals surface area contributed by atoms with Crippen molar-refractivity contribution in [1.29, 1.82) is 0 Å². The Hall–Kier alpha value is -1.25. The number of fused-ring (bicyclic) bond motifs is 5. The maximum atomic E-state index is 14.0. The molecule has 0 aromatic rings. The SMILES string of the molecule is CCSNC(=O)N(CCCN(C)C)C(=O)[C@H]1CC[C@H]2[C@@H]3CC[C@H]4NC(=O)C=C[C@]4(C)[C@H]3CC[C@]12C.Cl. The van der Waals surface area contributed by atoms with E-state index in [1.54, 1.807) is 6.08 Å². The van der Waals surface area contributed by atoms with Crippen molar-refractivity contribution in [3.63, 3.8) is 0 Å². The fourth-order valence-corrected chi connectivity index (χ4v) is 8.35. The second kappa shape index (κ2) is 11.6. The average Bonchev–Trinajstić information content (AvgIpc) is 3.17. The summed E-state index contributed by atoms with van der Waals surface area (Å²) in [4.78, 5) is 42.6. The lowest BCUT2D eigenvalue weighted by Crippen LogP contribution is -2.59. The summed E-state index contributed by atoms with van der Waals surface area (Å²) < 4.78 is 2.87. The fraction of sp³-hybridized carbons (Fsp3) is 0.815. The maximum absolute atomic E-state index is 14.0. The van der Waals surface area contributed by atoms with E-state index in [2.05, 4.69) is 34.9 Å². The Labute approximate surface area is 227 Å². The van der Waals surface area contributed by atoms with Gasteiger partial charge in [-0.1, -0.05) is 26.8 Å². The van der Waals surface area contributed by atoms with Crippen LogP contribution in [-0.4, -0.2) is 66.6 Å². The molecule has 4 amide bonds. The van der Waals surface area contributed by atoms with Gasteiger partial charge < -0.3 is 10.2 Å². The van der Waals surface area contributed by atoms with Crippen LogP contribution in [-0.2, 0) is 9.59 Å². The minimum absolute atomic E-state index is 0. The van der Waals surface area contributed by atoms with Gasteiger partial charge in [-0.15, -0.1) is 12.4 Å². The first kappa shape index (κ1) is 29.3. The Kier molecular flexibility index (Phi) is 9.48. The van der Waals surface area contributed by atoms with Gasteiger partial charge in [0, 0.05) is 29.7 Å². The largest absolute Gasteiger partial charge is 0.349 e. The maximum Gasteiger partial charge on any atom is 0.334 e. The predicted octanol–water partition coefficient (Wildman–Crippen LogP) is 4.48. The van der Waals surface area contributed by atoms with Crippen molar-refractivity contribution >= 4 is 42.2 Å². The van der Waals surface area contributed by atoms with Crippen LogP contribution in [0, 0.1) is 34.5 Å². The van der Waals surface area contributed by atoms with Crippen LogP contribution in [0.4, 0.5) is 4.79 Å². The Morgan fingerprint density at radius 3 is 2.56 bits per heavy atom. The third kappa shape index (κ3) is 5.32. The summed E-state index contributed by atoms with van der Waals surface area (Å²) in [7, 11) is 4.03. The monoisotopic (exact) mass is 540 g/mol. The van der Waals surface area contributed by atoms with Gasteiger partial charge in [0.1, 0.15) is 0 Å². The molecule has 3 aliphatic carbocycles. The highest BCUT2D eigenvalue weighted by Gasteiger charge is 2.61. The van der Waals surface area contributed by atoms with Crippen LogP contribution >= 0.6 is 24.4 Å². The molecule has 0 unspecified atom stereocenters. The average molecular weight is 541 g/mol. The Balaban J connectivity index is 0.00000361. The van der Waals surface area contributed by atoms with Crippen LogP contribution in [0.15, 0.2) is 12.2 Å². The van der Waals surface area contributed by atoms with Gasteiger partial charge in [-0.2, -0.15) is 0 Å². The number of halogens is 1. The van der Waals surface area contributed by atoms with E-state index in [9.17, 15) is 14.4 Å². The standard InChI is InChI=1S/C27H44N4O3S.ClH/c1-6-35-29-25(34)31(17-7-16-30(4)5)24(33)21-10-9-19-18-8-11-22-27(3,15-13-23(32)28-22)20(18)12-14-26(19,21)2;/h13,15,18-22H,6-12,14,16-17H2,1-5H3,(H,28,32)(H,29,34);1H/t18-,19-,20-,21+,22+,26-,27+;/m0./s1. The summed E-state index contributed by atoms with van der Waals surface area (Å²) >= 11 is 1.35. The molecule has 9 heteroatoms. The topological polar surface area (TPSA) is 81.8 Å². The highest BCUT2D eigenvalue weighted by molar-refractivity contribution is 7.97. The number of nitrogens with zero attached hydrogens (tertiary/aromatic N) is 2. The van der Waals surface area contributed by atoms with Crippen LogP contribution in [0.25, 0.3) is 0 Å². The summed E-state index contributed by atoms with van der Waals surface area (Å²) in [5.41, 5.74) is -0.0726. The third-order valence-corrected chi connectivity index (χ3v) is 10.4. The highest BCUT2D eigenvalue weighted by Crippen LogP contribution is 2.65. The molecule has 0 spiro atoms. The lowest BCUT2D eigenvalue weighted by atomic mass is 9.48. The third-order valence-electron chi connectivity index (χ3n) is 9.79. The minimum atomic E-state index is -0.266. The van der Waals surface area contributed by atoms with Crippen molar-refractivity contribution in [3.05, 3.63) is 12.2 Å². The summed E-state index contributed by atoms with van der Waals surface area (Å²) in [5, 5.41) is 3.22. The first-order valence-electron chi connectivity index (χ1n) is 13.5. The summed E-state index contributed by atoms with van der Waals surface area (Å²) in [6.07, 6.45) is 10.8. The Morgan fingerprint density at radius 2 is 1.86 bits per heavy atom. The molecular weight excluding hydrogens is 496 g/mol. The van der Waals surface area contributed by atoms with Gasteiger partial charge in [0.25, 0.3) is 0 Å². The molecule has 0 bridgehead atoms. The lowest BCUT2D eigenvalue weighted by Gasteiger charge is -2.58. The molecule has 0 aromatic carbocycles. The number of carbonyl (C=O) groups excluding carboxylic acids is 3. The van der Waals surface area contributed by atoms with E-state index in [-0.39, 0.29) is 53.0 Å². The van der Waals surface area contributed by atoms with Gasteiger partial charge in [0.2, 0.25) is 11.8 Å². The van der Waals surface area contributed by atoms with Crippen LogP contribution in [0.2, 0.25) is 0 Å². The molecule has 204 valence electrons. The molecule has 2 N–H and O–H groups in total. The molecule has 4 aliphatic rings. The zero-order valence-corrected chi connectivity index (χ0v) is 24.2. The molecule has 1 aliphatic heterocycles. The van der Waals surface area contributed by atoms with Gasteiger partial charge in [0.05, 0.1) is 0 Å². The molecule has 3 fully saturated rings. The zero-order valence-electron chi connectivity index (χ0n) is 22.5. The van der Waals surface area contributed by atoms with E-state index < -0.39 is 0 Å². The van der Waals surface area contributed by atoms with Gasteiger partial charge in [-0.05, 0) is 107 Å². The summed E-state index contributed by atoms with van der Waals surface area (Å²) in [6, 6.07) is -0.0474. The van der Waals surface area contributed by atoms with E-state index in [0.29, 0.717) is 24.3 Å². The van der Waals surface area contributed by atoms with Crippen molar-refractivity contribution in [2.75, 3.05) is 32.9 Å². The molecular formula is C27H45ClN4O3S. The number of amides is 4. The van der Waals surface area contributed by atoms with E-state index in [1.165, 1.54) is 16.8 Å². The van der Waals surface area contributed by atoms with Crippen LogP contribution in [0.1, 0.15) is 65.7 Å². The fourth-order valence-electron chi connectivity index (χ4n) is 7.97. The first-order chi connectivity index (χ1) is 16.6. The van der Waals surface area contributed by atoms with Gasteiger partial charge >= 0.3 is 6.03 Å². The molecule has 0 aromatic heterocycles. The predicted molar refractivity (Wildman–Crippen MR) is 148 cm³/mol. The van der Waals surface area contributed by atoms with Crippen molar-refractivity contribution in [2.45, 2.75) is 71.8 Å². The number of rotatable bonds is 7. The minimum Gasteiger partial charge on any atom is -0.349 e. The van der Waals surface area contributed by atoms with Crippen LogP contribution in [0.3, 0.4) is 0 Å². The van der Waals surface area contributed by atoms with E-state index in [4.69, 9.17) is 0 Å². The van der Waals surface area contributed by atoms with Crippen molar-refractivity contribution in [2.24, 2.45) is 34.5 Å². The summed E-state index contributed by atoms with van der Waals surface area (Å²) in [6.45, 7) is 7.95. The molecule has 4 rings (SSSR count). The highest BCUT2D eigenvalue weighted by atomic mass is 35.5. The Morgan fingerprint density at radius 1 is 1.11 bits per heavy atom. The van der Waals surface area contributed by atoms with Crippen molar-refractivity contribution in [3.8, 4) is 0 Å². The van der Waals surface area contributed by atoms with Crippen molar-refractivity contribution < 1.29 is 14.4 Å². The number of imide groups is 1. The quantitative estimate of drug-likeness (QED) is 0.465. The Bertz CT molecular complexity index is 870. The molecule has 3 saturated carbocycles. The van der Waals surface area contributed by atoms with E-state index >= 15 is 0 Å². The number of nitrogens with one attached hydrogen (secondary N) is 2. The lowest BCUT2D eigenvalue weighted by molar-refractivity contribution is -0.141. The molecule has 1 heterocycles. The van der Waals surface area contributed by atoms with Gasteiger partial charge in [-0.3, -0.25) is 19.2 Å². The number of urea groups is 1. The van der Waals surface area contributed by atoms with Crippen molar-refractivity contribution in [1.82, 2.24) is 19.8 Å². The smallest absolute Gasteiger partial charge is 0.334 e. The van der Waals surface area contributed by atoms with Gasteiger partial charge in [-0.25, -0.2) is 4.79 Å². The molecule has 36 heavy (non-hydrogen) atoms. The molecule has 7 atom stereocenters.